The highest BCUT2D eigenvalue weighted by atomic mass is 16.5. The maximum absolute atomic E-state index is 9.27. The predicted molar refractivity (Wildman–Crippen MR) is 60.8 cm³/mol. The molecule has 84 valence electrons. The third-order valence-corrected chi connectivity index (χ3v) is 2.72. The van der Waals surface area contributed by atoms with Crippen molar-refractivity contribution in [2.45, 2.75) is 19.9 Å². The van der Waals surface area contributed by atoms with Crippen molar-refractivity contribution in [3.05, 3.63) is 29.8 Å². The van der Waals surface area contributed by atoms with Gasteiger partial charge in [0.25, 0.3) is 0 Å². The van der Waals surface area contributed by atoms with Gasteiger partial charge >= 0.3 is 0 Å². The third-order valence-electron chi connectivity index (χ3n) is 2.72. The van der Waals surface area contributed by atoms with E-state index in [4.69, 9.17) is 10.5 Å². The lowest BCUT2D eigenvalue weighted by molar-refractivity contribution is 0.131. The van der Waals surface area contributed by atoms with Crippen LogP contribution in [0.1, 0.15) is 25.5 Å². The molecule has 15 heavy (non-hydrogen) atoms. The van der Waals surface area contributed by atoms with Gasteiger partial charge in [0.1, 0.15) is 5.75 Å². The lowest BCUT2D eigenvalue weighted by Crippen LogP contribution is -2.32. The number of para-hydroxylation sites is 1. The number of hydrogen-bond donors (Lipinski definition) is 2. The van der Waals surface area contributed by atoms with Crippen LogP contribution in [-0.2, 0) is 0 Å². The van der Waals surface area contributed by atoms with E-state index in [1.807, 2.05) is 38.1 Å². The van der Waals surface area contributed by atoms with Crippen molar-refractivity contribution in [3.8, 4) is 5.75 Å². The van der Waals surface area contributed by atoms with Crippen LogP contribution in [0.15, 0.2) is 24.3 Å². The number of aliphatic hydroxyl groups is 1. The van der Waals surface area contributed by atoms with E-state index in [2.05, 4.69) is 0 Å². The number of rotatable bonds is 4. The van der Waals surface area contributed by atoms with Crippen LogP contribution in [0.5, 0.6) is 5.75 Å². The summed E-state index contributed by atoms with van der Waals surface area (Å²) in [6, 6.07) is 7.40. The van der Waals surface area contributed by atoms with Crippen LogP contribution in [-0.4, -0.2) is 18.8 Å². The highest BCUT2D eigenvalue weighted by Gasteiger charge is 2.28. The maximum Gasteiger partial charge on any atom is 0.123 e. The van der Waals surface area contributed by atoms with Crippen molar-refractivity contribution in [1.29, 1.82) is 0 Å². The van der Waals surface area contributed by atoms with E-state index in [0.29, 0.717) is 0 Å². The summed E-state index contributed by atoms with van der Waals surface area (Å²) in [5, 5.41) is 9.27. The smallest absolute Gasteiger partial charge is 0.123 e. The molecule has 0 aliphatic carbocycles. The molecule has 1 atom stereocenters. The number of aliphatic hydroxyl groups excluding tert-OH is 1. The second-order valence-corrected chi connectivity index (χ2v) is 4.37. The number of nitrogens with two attached hydrogens (primary N) is 1. The number of methoxy groups -OCH3 is 1. The minimum Gasteiger partial charge on any atom is -0.496 e. The summed E-state index contributed by atoms with van der Waals surface area (Å²) in [5.74, 6) is 0.770. The second kappa shape index (κ2) is 4.64. The molecule has 0 bridgehead atoms. The fourth-order valence-electron chi connectivity index (χ4n) is 1.44. The molecule has 0 saturated heterocycles. The van der Waals surface area contributed by atoms with Crippen molar-refractivity contribution >= 4 is 0 Å². The van der Waals surface area contributed by atoms with Gasteiger partial charge in [0.05, 0.1) is 7.11 Å². The Hall–Kier alpha value is -1.06. The first-order valence-corrected chi connectivity index (χ1v) is 5.02. The Morgan fingerprint density at radius 3 is 2.53 bits per heavy atom. The first-order valence-electron chi connectivity index (χ1n) is 5.02. The van der Waals surface area contributed by atoms with Crippen molar-refractivity contribution in [1.82, 2.24) is 0 Å². The summed E-state index contributed by atoms with van der Waals surface area (Å²) in [6.07, 6.45) is 0. The lowest BCUT2D eigenvalue weighted by atomic mass is 9.81. The van der Waals surface area contributed by atoms with Gasteiger partial charge in [-0.15, -0.1) is 0 Å². The fraction of sp³-hybridized carbons (Fsp3) is 0.500. The monoisotopic (exact) mass is 209 g/mol. The van der Waals surface area contributed by atoms with E-state index in [0.717, 1.165) is 11.3 Å². The zero-order valence-corrected chi connectivity index (χ0v) is 9.53. The molecule has 0 spiro atoms. The highest BCUT2D eigenvalue weighted by Crippen LogP contribution is 2.35. The SMILES string of the molecule is COc1ccccc1[C@@H](N)C(C)(C)CO. The topological polar surface area (TPSA) is 55.5 Å². The predicted octanol–water partition coefficient (Wildman–Crippen LogP) is 1.71. The van der Waals surface area contributed by atoms with E-state index < -0.39 is 0 Å². The minimum atomic E-state index is -0.353. The van der Waals surface area contributed by atoms with Crippen LogP contribution in [0, 0.1) is 5.41 Å². The van der Waals surface area contributed by atoms with Crippen LogP contribution in [0.2, 0.25) is 0 Å². The molecule has 1 aromatic rings. The molecule has 1 aromatic carbocycles. The van der Waals surface area contributed by atoms with Crippen LogP contribution < -0.4 is 10.5 Å². The molecule has 0 heterocycles. The van der Waals surface area contributed by atoms with E-state index in [1.54, 1.807) is 7.11 Å². The van der Waals surface area contributed by atoms with Gasteiger partial charge in [-0.1, -0.05) is 32.0 Å². The molecular weight excluding hydrogens is 190 g/mol. The van der Waals surface area contributed by atoms with Crippen LogP contribution >= 0.6 is 0 Å². The van der Waals surface area contributed by atoms with Gasteiger partial charge in [-0.25, -0.2) is 0 Å². The van der Waals surface area contributed by atoms with E-state index >= 15 is 0 Å². The number of benzene rings is 1. The van der Waals surface area contributed by atoms with Gasteiger partial charge in [-0.3, -0.25) is 0 Å². The van der Waals surface area contributed by atoms with Gasteiger partial charge in [-0.05, 0) is 6.07 Å². The summed E-state index contributed by atoms with van der Waals surface area (Å²) in [6.45, 7) is 3.92. The Bertz CT molecular complexity index is 323. The molecule has 0 amide bonds. The molecule has 0 fully saturated rings. The molecule has 1 rings (SSSR count). The Morgan fingerprint density at radius 2 is 2.00 bits per heavy atom. The Labute approximate surface area is 90.9 Å². The number of hydrogen-bond acceptors (Lipinski definition) is 3. The quantitative estimate of drug-likeness (QED) is 0.793. The van der Waals surface area contributed by atoms with Crippen molar-refractivity contribution in [3.63, 3.8) is 0 Å². The maximum atomic E-state index is 9.27. The van der Waals surface area contributed by atoms with Gasteiger partial charge < -0.3 is 15.6 Å². The average Bonchev–Trinajstić information content (AvgIpc) is 2.28. The zero-order chi connectivity index (χ0) is 11.5. The molecule has 3 N–H and O–H groups in total. The van der Waals surface area contributed by atoms with Gasteiger partial charge in [0.15, 0.2) is 0 Å². The van der Waals surface area contributed by atoms with Crippen molar-refractivity contribution in [2.24, 2.45) is 11.1 Å². The molecule has 3 heteroatoms. The van der Waals surface area contributed by atoms with E-state index in [9.17, 15) is 5.11 Å². The Morgan fingerprint density at radius 1 is 1.40 bits per heavy atom. The summed E-state index contributed by atoms with van der Waals surface area (Å²) < 4.78 is 5.24. The number of ether oxygens (including phenoxy) is 1. The van der Waals surface area contributed by atoms with Crippen molar-refractivity contribution in [2.75, 3.05) is 13.7 Å². The van der Waals surface area contributed by atoms with Gasteiger partial charge in [0, 0.05) is 23.6 Å². The molecule has 3 nitrogen and oxygen atoms in total. The second-order valence-electron chi connectivity index (χ2n) is 4.37. The fourth-order valence-corrected chi connectivity index (χ4v) is 1.44. The molecule has 0 aromatic heterocycles. The normalized spacial score (nSPS) is 13.7. The molecule has 0 saturated carbocycles. The van der Waals surface area contributed by atoms with Gasteiger partial charge in [0.2, 0.25) is 0 Å². The highest BCUT2D eigenvalue weighted by molar-refractivity contribution is 5.36. The van der Waals surface area contributed by atoms with E-state index in [1.165, 1.54) is 0 Å². The lowest BCUT2D eigenvalue weighted by Gasteiger charge is -2.30. The van der Waals surface area contributed by atoms with E-state index in [-0.39, 0.29) is 18.1 Å². The molecular formula is C12H19NO2. The zero-order valence-electron chi connectivity index (χ0n) is 9.53. The van der Waals surface area contributed by atoms with Crippen LogP contribution in [0.3, 0.4) is 0 Å². The standard InChI is InChI=1S/C12H19NO2/c1-12(2,8-14)11(13)9-6-4-5-7-10(9)15-3/h4-7,11,14H,8,13H2,1-3H3/t11-/m1/s1. The Balaban J connectivity index is 3.05. The van der Waals surface area contributed by atoms with Crippen molar-refractivity contribution < 1.29 is 9.84 Å². The van der Waals surface area contributed by atoms with Crippen LogP contribution in [0.4, 0.5) is 0 Å². The molecule has 0 radical (unpaired) electrons. The minimum absolute atomic E-state index is 0.0478. The summed E-state index contributed by atoms with van der Waals surface area (Å²) in [5.41, 5.74) is 6.70. The first-order chi connectivity index (χ1) is 7.03. The largest absolute Gasteiger partial charge is 0.496 e. The third kappa shape index (κ3) is 2.49. The summed E-state index contributed by atoms with van der Waals surface area (Å²) >= 11 is 0. The van der Waals surface area contributed by atoms with Crippen LogP contribution in [0.25, 0.3) is 0 Å². The molecule has 0 aliphatic rings. The Kier molecular flexibility index (Phi) is 3.72. The molecule has 0 unspecified atom stereocenters. The van der Waals surface area contributed by atoms with Gasteiger partial charge in [-0.2, -0.15) is 0 Å². The molecule has 0 aliphatic heterocycles. The first kappa shape index (κ1) is 12.0. The summed E-state index contributed by atoms with van der Waals surface area (Å²) in [7, 11) is 1.62. The average molecular weight is 209 g/mol. The summed E-state index contributed by atoms with van der Waals surface area (Å²) in [4.78, 5) is 0.